The molecule has 1 aliphatic heterocycles. The molecule has 3 atom stereocenters. The van der Waals surface area contributed by atoms with Crippen molar-refractivity contribution in [2.75, 3.05) is 7.11 Å². The van der Waals surface area contributed by atoms with Gasteiger partial charge in [0.15, 0.2) is 0 Å². The van der Waals surface area contributed by atoms with Crippen LogP contribution in [0.1, 0.15) is 77.8 Å². The van der Waals surface area contributed by atoms with Crippen molar-refractivity contribution >= 4 is 30.2 Å². The Kier molecular flexibility index (Phi) is 10.4. The van der Waals surface area contributed by atoms with Gasteiger partial charge < -0.3 is 25.4 Å². The zero-order chi connectivity index (χ0) is 30.7. The number of halogens is 1. The van der Waals surface area contributed by atoms with E-state index in [-0.39, 0.29) is 42.8 Å². The number of rotatable bonds is 7. The Morgan fingerprint density at radius 1 is 1.00 bits per heavy atom. The fourth-order valence-electron chi connectivity index (χ4n) is 5.86. The minimum atomic E-state index is -0.757. The number of nitrogens with two attached hydrogens (primary N) is 1. The van der Waals surface area contributed by atoms with Crippen LogP contribution in [0.3, 0.4) is 0 Å². The highest BCUT2D eigenvalue weighted by Crippen LogP contribution is 2.33. The molecule has 0 fully saturated rings. The largest absolute Gasteiger partial charge is 0.489 e. The molecule has 9 heteroatoms. The fourth-order valence-corrected chi connectivity index (χ4v) is 5.86. The van der Waals surface area contributed by atoms with Crippen LogP contribution in [0.5, 0.6) is 5.75 Å². The maximum absolute atomic E-state index is 13.9. The Morgan fingerprint density at radius 3 is 2.43 bits per heavy atom. The molecule has 1 aliphatic carbocycles. The molecule has 2 aliphatic rings. The van der Waals surface area contributed by atoms with Gasteiger partial charge in [-0.1, -0.05) is 63.2 Å². The number of carbonyl (C=O) groups is 3. The summed E-state index contributed by atoms with van der Waals surface area (Å²) < 4.78 is 10.8. The third-order valence-electron chi connectivity index (χ3n) is 8.56. The zero-order valence-electron chi connectivity index (χ0n) is 25.8. The molecule has 8 nitrogen and oxygen atoms in total. The summed E-state index contributed by atoms with van der Waals surface area (Å²) in [5, 5.41) is 3.28. The van der Waals surface area contributed by atoms with E-state index < -0.39 is 17.5 Å². The standard InChI is InChI=1S/C35H41N3O5.ClH/c1-35(2,3)31(36)33(40)38-20-26-18-27(43-21-22-12-14-24(15-13-22)34(41)42-4)17-16-25(26)19-30(38)32(39)37-29-11-7-9-23-8-5-6-10-28(23)29;/h5-6,8,10,12-18,29-31H,7,9,11,19-21,36H2,1-4H3,(H,37,39);1H/t29-,30+,31-;/m1./s1. The lowest BCUT2D eigenvalue weighted by Gasteiger charge is -2.40. The molecular weight excluding hydrogens is 578 g/mol. The van der Waals surface area contributed by atoms with Crippen LogP contribution in [0.4, 0.5) is 0 Å². The maximum atomic E-state index is 13.9. The van der Waals surface area contributed by atoms with Crippen molar-refractivity contribution in [3.05, 3.63) is 100 Å². The predicted molar refractivity (Wildman–Crippen MR) is 172 cm³/mol. The average Bonchev–Trinajstić information content (AvgIpc) is 3.01. The second-order valence-corrected chi connectivity index (χ2v) is 12.6. The molecule has 0 unspecified atom stereocenters. The Bertz CT molecular complexity index is 1500. The first-order valence-corrected chi connectivity index (χ1v) is 14.9. The molecule has 0 saturated carbocycles. The van der Waals surface area contributed by atoms with Crippen molar-refractivity contribution in [1.29, 1.82) is 0 Å². The maximum Gasteiger partial charge on any atom is 0.337 e. The Hall–Kier alpha value is -3.88. The first kappa shape index (κ1) is 33.0. The van der Waals surface area contributed by atoms with Crippen molar-refractivity contribution in [3.8, 4) is 5.75 Å². The van der Waals surface area contributed by atoms with E-state index >= 15 is 0 Å². The van der Waals surface area contributed by atoms with Gasteiger partial charge in [0.2, 0.25) is 11.8 Å². The summed E-state index contributed by atoms with van der Waals surface area (Å²) in [7, 11) is 1.35. The second-order valence-electron chi connectivity index (χ2n) is 12.6. The van der Waals surface area contributed by atoms with Crippen LogP contribution in [0.25, 0.3) is 0 Å². The molecule has 0 spiro atoms. The van der Waals surface area contributed by atoms with Crippen LogP contribution in [0.2, 0.25) is 0 Å². The van der Waals surface area contributed by atoms with Crippen molar-refractivity contribution in [2.24, 2.45) is 11.1 Å². The summed E-state index contributed by atoms with van der Waals surface area (Å²) in [5.41, 5.74) is 11.7. The van der Waals surface area contributed by atoms with Crippen LogP contribution in [-0.2, 0) is 40.3 Å². The number of aryl methyl sites for hydroxylation is 1. The molecule has 0 radical (unpaired) electrons. The van der Waals surface area contributed by atoms with Gasteiger partial charge in [0.05, 0.1) is 24.8 Å². The molecule has 3 N–H and O–H groups in total. The summed E-state index contributed by atoms with van der Waals surface area (Å²) >= 11 is 0. The number of hydrogen-bond acceptors (Lipinski definition) is 6. The van der Waals surface area contributed by atoms with Crippen LogP contribution >= 0.6 is 12.4 Å². The van der Waals surface area contributed by atoms with E-state index in [1.807, 2.05) is 63.2 Å². The van der Waals surface area contributed by atoms with Gasteiger partial charge in [0.1, 0.15) is 18.4 Å². The number of hydrogen-bond donors (Lipinski definition) is 2. The summed E-state index contributed by atoms with van der Waals surface area (Å²) in [4.78, 5) is 41.1. The number of nitrogens with zero attached hydrogens (tertiary/aromatic N) is 1. The van der Waals surface area contributed by atoms with Gasteiger partial charge >= 0.3 is 5.97 Å². The van der Waals surface area contributed by atoms with Crippen molar-refractivity contribution in [1.82, 2.24) is 10.2 Å². The van der Waals surface area contributed by atoms with E-state index in [1.54, 1.807) is 17.0 Å². The molecule has 2 amide bonds. The highest BCUT2D eigenvalue weighted by molar-refractivity contribution is 5.91. The zero-order valence-corrected chi connectivity index (χ0v) is 26.6. The number of carbonyl (C=O) groups excluding carboxylic acids is 3. The van der Waals surface area contributed by atoms with E-state index in [1.165, 1.54) is 12.7 Å². The topological polar surface area (TPSA) is 111 Å². The number of nitrogens with one attached hydrogen (secondary N) is 1. The molecular formula is C35H42ClN3O5. The number of fused-ring (bicyclic) bond motifs is 2. The Balaban J connectivity index is 0.00000442. The van der Waals surface area contributed by atoms with Crippen molar-refractivity contribution in [2.45, 2.75) is 77.7 Å². The monoisotopic (exact) mass is 619 g/mol. The Morgan fingerprint density at radius 2 is 1.73 bits per heavy atom. The van der Waals surface area contributed by atoms with Gasteiger partial charge in [0, 0.05) is 13.0 Å². The second kappa shape index (κ2) is 13.8. The summed E-state index contributed by atoms with van der Waals surface area (Å²) in [6.07, 6.45) is 3.28. The molecule has 5 rings (SSSR count). The van der Waals surface area contributed by atoms with Crippen LogP contribution in [-0.4, -0.2) is 41.9 Å². The lowest BCUT2D eigenvalue weighted by Crippen LogP contribution is -2.59. The minimum absolute atomic E-state index is 0. The van der Waals surface area contributed by atoms with E-state index in [2.05, 4.69) is 17.4 Å². The summed E-state index contributed by atoms with van der Waals surface area (Å²) in [6, 6.07) is 19.6. The normalized spacial score (nSPS) is 18.2. The van der Waals surface area contributed by atoms with Crippen molar-refractivity contribution in [3.63, 3.8) is 0 Å². The predicted octanol–water partition coefficient (Wildman–Crippen LogP) is 5.29. The summed E-state index contributed by atoms with van der Waals surface area (Å²) in [5.74, 6) is -0.120. The van der Waals surface area contributed by atoms with Gasteiger partial charge in [-0.2, -0.15) is 0 Å². The van der Waals surface area contributed by atoms with E-state index in [9.17, 15) is 14.4 Å². The number of benzene rings is 3. The third-order valence-corrected chi connectivity index (χ3v) is 8.56. The first-order chi connectivity index (χ1) is 20.5. The quantitative estimate of drug-likeness (QED) is 0.348. The van der Waals surface area contributed by atoms with E-state index in [0.717, 1.165) is 41.5 Å². The highest BCUT2D eigenvalue weighted by atomic mass is 35.5. The molecule has 0 bridgehead atoms. The minimum Gasteiger partial charge on any atom is -0.489 e. The lowest BCUT2D eigenvalue weighted by atomic mass is 9.84. The molecule has 0 aromatic heterocycles. The number of amides is 2. The molecule has 3 aromatic rings. The smallest absolute Gasteiger partial charge is 0.337 e. The first-order valence-electron chi connectivity index (χ1n) is 14.9. The molecule has 1 heterocycles. The van der Waals surface area contributed by atoms with Crippen LogP contribution in [0, 0.1) is 5.41 Å². The lowest BCUT2D eigenvalue weighted by molar-refractivity contribution is -0.145. The molecule has 3 aromatic carbocycles. The van der Waals surface area contributed by atoms with Gasteiger partial charge in [-0.15, -0.1) is 12.4 Å². The van der Waals surface area contributed by atoms with Crippen LogP contribution in [0.15, 0.2) is 66.7 Å². The van der Waals surface area contributed by atoms with Gasteiger partial charge in [-0.3, -0.25) is 9.59 Å². The SMILES string of the molecule is COC(=O)c1ccc(COc2ccc3c(c2)CN(C(=O)[C@@H](N)C(C)(C)C)[C@H](C(=O)N[C@@H]2CCCc4ccccc42)C3)cc1.Cl. The fraction of sp³-hybridized carbons (Fsp3) is 0.400. The van der Waals surface area contributed by atoms with E-state index in [0.29, 0.717) is 24.3 Å². The van der Waals surface area contributed by atoms with Gasteiger partial charge in [-0.05, 0) is 76.8 Å². The van der Waals surface area contributed by atoms with Crippen LogP contribution < -0.4 is 15.8 Å². The van der Waals surface area contributed by atoms with Gasteiger partial charge in [0.25, 0.3) is 0 Å². The molecule has 234 valence electrons. The average molecular weight is 620 g/mol. The van der Waals surface area contributed by atoms with Crippen molar-refractivity contribution < 1.29 is 23.9 Å². The van der Waals surface area contributed by atoms with E-state index in [4.69, 9.17) is 15.2 Å². The number of esters is 1. The molecule has 44 heavy (non-hydrogen) atoms. The summed E-state index contributed by atoms with van der Waals surface area (Å²) in [6.45, 7) is 6.38. The number of ether oxygens (including phenoxy) is 2. The number of methoxy groups -OCH3 is 1. The third kappa shape index (κ3) is 7.25. The van der Waals surface area contributed by atoms with Gasteiger partial charge in [-0.25, -0.2) is 4.79 Å². The Labute approximate surface area is 265 Å². The highest BCUT2D eigenvalue weighted by Gasteiger charge is 2.40. The molecule has 0 saturated heterocycles.